The third-order valence-corrected chi connectivity index (χ3v) is 5.06. The summed E-state index contributed by atoms with van der Waals surface area (Å²) in [6, 6.07) is 7.75. The minimum Gasteiger partial charge on any atom is -0.335 e. The number of imide groups is 1. The molecule has 1 atom stereocenters. The Morgan fingerprint density at radius 3 is 2.59 bits per heavy atom. The summed E-state index contributed by atoms with van der Waals surface area (Å²) in [5.41, 5.74) is 2.00. The molecule has 3 amide bonds. The Hall–Kier alpha value is -2.74. The van der Waals surface area contributed by atoms with Crippen LogP contribution in [0.15, 0.2) is 36.9 Å². The first-order valence-electron chi connectivity index (χ1n) is 9.28. The molecule has 1 heterocycles. The molecule has 0 radical (unpaired) electrons. The predicted molar refractivity (Wildman–Crippen MR) is 101 cm³/mol. The number of hydrogen-bond donors (Lipinski definition) is 2. The fourth-order valence-corrected chi connectivity index (χ4v) is 3.32. The third kappa shape index (κ3) is 5.13. The van der Waals surface area contributed by atoms with E-state index in [0.29, 0.717) is 0 Å². The van der Waals surface area contributed by atoms with E-state index in [2.05, 4.69) is 20.7 Å². The summed E-state index contributed by atoms with van der Waals surface area (Å²) >= 11 is 0. The van der Waals surface area contributed by atoms with Crippen LogP contribution in [0.2, 0.25) is 0 Å². The van der Waals surface area contributed by atoms with Gasteiger partial charge in [0.05, 0.1) is 12.2 Å². The molecule has 144 valence electrons. The van der Waals surface area contributed by atoms with Crippen molar-refractivity contribution in [2.75, 3.05) is 13.6 Å². The van der Waals surface area contributed by atoms with Gasteiger partial charge in [0, 0.05) is 12.1 Å². The summed E-state index contributed by atoms with van der Waals surface area (Å²) < 4.78 is 1.69. The maximum atomic E-state index is 12.2. The number of nitrogens with one attached hydrogen (secondary N) is 2. The summed E-state index contributed by atoms with van der Waals surface area (Å²) in [5, 5.41) is 9.39. The van der Waals surface area contributed by atoms with Crippen molar-refractivity contribution in [1.82, 2.24) is 30.3 Å². The highest BCUT2D eigenvalue weighted by Gasteiger charge is 2.20. The van der Waals surface area contributed by atoms with Gasteiger partial charge in [0.15, 0.2) is 0 Å². The molecule has 1 aliphatic rings. The van der Waals surface area contributed by atoms with Gasteiger partial charge in [-0.2, -0.15) is 5.10 Å². The van der Waals surface area contributed by atoms with E-state index >= 15 is 0 Å². The summed E-state index contributed by atoms with van der Waals surface area (Å²) in [6.07, 6.45) is 7.38. The van der Waals surface area contributed by atoms with E-state index < -0.39 is 6.03 Å². The number of hydrogen-bond acceptors (Lipinski definition) is 5. The Morgan fingerprint density at radius 1 is 1.26 bits per heavy atom. The highest BCUT2D eigenvalue weighted by Crippen LogP contribution is 2.20. The van der Waals surface area contributed by atoms with Crippen molar-refractivity contribution in [2.45, 2.75) is 44.7 Å². The zero-order chi connectivity index (χ0) is 19.2. The number of likely N-dealkylation sites (N-methyl/N-ethyl adjacent to an activating group) is 1. The molecular formula is C19H26N6O2. The van der Waals surface area contributed by atoms with Crippen molar-refractivity contribution >= 4 is 11.9 Å². The van der Waals surface area contributed by atoms with E-state index in [-0.39, 0.29) is 24.5 Å². The predicted octanol–water partition coefficient (Wildman–Crippen LogP) is 2.03. The number of amides is 3. The van der Waals surface area contributed by atoms with E-state index in [0.717, 1.165) is 36.9 Å². The van der Waals surface area contributed by atoms with Crippen molar-refractivity contribution in [2.24, 2.45) is 0 Å². The summed E-state index contributed by atoms with van der Waals surface area (Å²) in [7, 11) is 1.87. The topological polar surface area (TPSA) is 92.2 Å². The molecule has 1 unspecified atom stereocenters. The van der Waals surface area contributed by atoms with Crippen LogP contribution in [0.3, 0.4) is 0 Å². The number of carbonyl (C=O) groups is 2. The Balaban J connectivity index is 1.49. The van der Waals surface area contributed by atoms with Crippen LogP contribution in [-0.2, 0) is 4.79 Å². The van der Waals surface area contributed by atoms with Crippen LogP contribution in [0, 0.1) is 0 Å². The summed E-state index contributed by atoms with van der Waals surface area (Å²) in [4.78, 5) is 29.9. The van der Waals surface area contributed by atoms with Gasteiger partial charge < -0.3 is 5.32 Å². The van der Waals surface area contributed by atoms with Crippen molar-refractivity contribution in [3.63, 3.8) is 0 Å². The molecule has 1 aromatic heterocycles. The number of rotatable bonds is 6. The molecule has 0 saturated heterocycles. The second-order valence-corrected chi connectivity index (χ2v) is 7.03. The largest absolute Gasteiger partial charge is 0.335 e. The van der Waals surface area contributed by atoms with E-state index in [1.165, 1.54) is 6.33 Å². The molecule has 0 bridgehead atoms. The second kappa shape index (κ2) is 8.77. The lowest BCUT2D eigenvalue weighted by Crippen LogP contribution is -2.46. The molecule has 8 nitrogen and oxygen atoms in total. The monoisotopic (exact) mass is 370 g/mol. The summed E-state index contributed by atoms with van der Waals surface area (Å²) in [6.45, 7) is 2.17. The highest BCUT2D eigenvalue weighted by atomic mass is 16.2. The van der Waals surface area contributed by atoms with Gasteiger partial charge >= 0.3 is 6.03 Å². The van der Waals surface area contributed by atoms with Crippen molar-refractivity contribution in [3.05, 3.63) is 42.5 Å². The van der Waals surface area contributed by atoms with Gasteiger partial charge in [0.2, 0.25) is 5.91 Å². The Labute approximate surface area is 159 Å². The van der Waals surface area contributed by atoms with Gasteiger partial charge in [-0.25, -0.2) is 14.5 Å². The minimum atomic E-state index is -0.398. The Morgan fingerprint density at radius 2 is 1.96 bits per heavy atom. The average Bonchev–Trinajstić information content (AvgIpc) is 3.34. The second-order valence-electron chi connectivity index (χ2n) is 7.03. The van der Waals surface area contributed by atoms with Crippen LogP contribution in [0.1, 0.15) is 44.2 Å². The first kappa shape index (κ1) is 19.0. The fourth-order valence-electron chi connectivity index (χ4n) is 3.32. The van der Waals surface area contributed by atoms with Crippen LogP contribution in [0.25, 0.3) is 5.69 Å². The molecule has 1 aliphatic carbocycles. The van der Waals surface area contributed by atoms with Gasteiger partial charge in [-0.3, -0.25) is 15.0 Å². The van der Waals surface area contributed by atoms with Gasteiger partial charge in [-0.05, 0) is 44.5 Å². The molecule has 1 saturated carbocycles. The van der Waals surface area contributed by atoms with Gasteiger partial charge in [-0.1, -0.05) is 25.0 Å². The zero-order valence-electron chi connectivity index (χ0n) is 15.8. The van der Waals surface area contributed by atoms with Gasteiger partial charge in [0.1, 0.15) is 12.7 Å². The summed E-state index contributed by atoms with van der Waals surface area (Å²) in [5.74, 6) is -0.306. The van der Waals surface area contributed by atoms with E-state index in [4.69, 9.17) is 0 Å². The number of carbonyl (C=O) groups excluding carboxylic acids is 2. The van der Waals surface area contributed by atoms with E-state index in [1.54, 1.807) is 11.0 Å². The number of urea groups is 1. The smallest absolute Gasteiger partial charge is 0.321 e. The van der Waals surface area contributed by atoms with Crippen LogP contribution < -0.4 is 10.6 Å². The van der Waals surface area contributed by atoms with Crippen molar-refractivity contribution in [1.29, 1.82) is 0 Å². The molecule has 3 rings (SSSR count). The lowest BCUT2D eigenvalue weighted by Gasteiger charge is -2.24. The maximum Gasteiger partial charge on any atom is 0.321 e. The number of nitrogens with zero attached hydrogens (tertiary/aromatic N) is 4. The standard InChI is InChI=1S/C19H26N6O2/c1-14(15-7-9-17(10-8-15)25-13-20-12-21-25)24(2)11-18(26)23-19(27)22-16-5-3-4-6-16/h7-10,12-14,16H,3-6,11H2,1-2H3,(H2,22,23,26,27). The van der Waals surface area contributed by atoms with Crippen molar-refractivity contribution in [3.8, 4) is 5.69 Å². The SMILES string of the molecule is CC(c1ccc(-n2cncn2)cc1)N(C)CC(=O)NC(=O)NC1CCCC1. The van der Waals surface area contributed by atoms with E-state index in [9.17, 15) is 9.59 Å². The van der Waals surface area contributed by atoms with Gasteiger partial charge in [-0.15, -0.1) is 0 Å². The molecule has 0 aliphatic heterocycles. The first-order chi connectivity index (χ1) is 13.0. The highest BCUT2D eigenvalue weighted by molar-refractivity contribution is 5.95. The van der Waals surface area contributed by atoms with Crippen LogP contribution in [0.4, 0.5) is 4.79 Å². The lowest BCUT2D eigenvalue weighted by molar-refractivity contribution is -0.121. The normalized spacial score (nSPS) is 15.7. The maximum absolute atomic E-state index is 12.2. The fraction of sp³-hybridized carbons (Fsp3) is 0.474. The average molecular weight is 370 g/mol. The van der Waals surface area contributed by atoms with Gasteiger partial charge in [0.25, 0.3) is 0 Å². The molecule has 2 N–H and O–H groups in total. The zero-order valence-corrected chi connectivity index (χ0v) is 15.8. The van der Waals surface area contributed by atoms with E-state index in [1.807, 2.05) is 43.1 Å². The van der Waals surface area contributed by atoms with Crippen LogP contribution in [0.5, 0.6) is 0 Å². The molecule has 2 aromatic rings. The van der Waals surface area contributed by atoms with Crippen LogP contribution in [-0.4, -0.2) is 51.2 Å². The number of aromatic nitrogens is 3. The Bertz CT molecular complexity index is 753. The Kier molecular flexibility index (Phi) is 6.18. The number of benzene rings is 1. The first-order valence-corrected chi connectivity index (χ1v) is 9.28. The molecule has 1 fully saturated rings. The molecule has 1 aromatic carbocycles. The van der Waals surface area contributed by atoms with Crippen molar-refractivity contribution < 1.29 is 9.59 Å². The molecule has 0 spiro atoms. The molecular weight excluding hydrogens is 344 g/mol. The lowest BCUT2D eigenvalue weighted by atomic mass is 10.1. The minimum absolute atomic E-state index is 0.0263. The third-order valence-electron chi connectivity index (χ3n) is 5.06. The molecule has 8 heteroatoms. The molecule has 27 heavy (non-hydrogen) atoms. The van der Waals surface area contributed by atoms with Crippen LogP contribution >= 0.6 is 0 Å². The quantitative estimate of drug-likeness (QED) is 0.812.